The first-order valence-electron chi connectivity index (χ1n) is 13.1. The number of alkyl halides is 3. The first-order chi connectivity index (χ1) is 20.5. The third-order valence-electron chi connectivity index (χ3n) is 6.93. The maximum atomic E-state index is 14.6. The van der Waals surface area contributed by atoms with Gasteiger partial charge in [0.2, 0.25) is 0 Å². The molecule has 220 valence electrons. The Labute approximate surface area is 242 Å². The average molecular weight is 596 g/mol. The van der Waals surface area contributed by atoms with E-state index in [0.29, 0.717) is 29.9 Å². The number of carbonyl (C=O) groups is 1. The van der Waals surface area contributed by atoms with E-state index in [1.807, 2.05) is 0 Å². The van der Waals surface area contributed by atoms with Crippen LogP contribution in [0.15, 0.2) is 85.1 Å². The highest BCUT2D eigenvalue weighted by Crippen LogP contribution is 2.40. The lowest BCUT2D eigenvalue weighted by molar-refractivity contribution is -0.137. The predicted molar refractivity (Wildman–Crippen MR) is 148 cm³/mol. The summed E-state index contributed by atoms with van der Waals surface area (Å²) in [7, 11) is 0. The smallest absolute Gasteiger partial charge is 0.418 e. The van der Waals surface area contributed by atoms with Crippen LogP contribution in [0.4, 0.5) is 26.3 Å². The minimum absolute atomic E-state index is 0.0131. The Hall–Kier alpha value is -4.86. The van der Waals surface area contributed by atoms with Gasteiger partial charge in [-0.25, -0.2) is 13.2 Å². The summed E-state index contributed by atoms with van der Waals surface area (Å²) >= 11 is 0. The predicted octanol–water partition coefficient (Wildman–Crippen LogP) is 8.52. The van der Waals surface area contributed by atoms with Crippen LogP contribution in [0.5, 0.6) is 5.75 Å². The number of hydrogen-bond donors (Lipinski definition) is 1. The first-order valence-corrected chi connectivity index (χ1v) is 13.1. The quantitative estimate of drug-likeness (QED) is 0.174. The zero-order valence-electron chi connectivity index (χ0n) is 22.4. The SMILES string of the molecule is O=C(O)CCc1ccc(COc2cccc(-c3c(Cc4c(F)cc(F)cc4F)cnc4c(C(F)(F)F)cccc34)c2)cc1. The third-order valence-corrected chi connectivity index (χ3v) is 6.93. The molecule has 0 unspecified atom stereocenters. The van der Waals surface area contributed by atoms with Crippen molar-refractivity contribution < 1.29 is 41.0 Å². The number of fused-ring (bicyclic) bond motifs is 1. The fourth-order valence-electron chi connectivity index (χ4n) is 4.86. The molecule has 0 bridgehead atoms. The molecule has 0 saturated carbocycles. The lowest BCUT2D eigenvalue weighted by Gasteiger charge is -2.17. The number of carboxylic acids is 1. The molecular weight excluding hydrogens is 572 g/mol. The van der Waals surface area contributed by atoms with Gasteiger partial charge in [-0.2, -0.15) is 13.2 Å². The van der Waals surface area contributed by atoms with E-state index < -0.39 is 47.1 Å². The molecule has 0 aliphatic carbocycles. The first kappa shape index (κ1) is 29.6. The number of rotatable bonds is 9. The average Bonchev–Trinajstić information content (AvgIpc) is 2.96. The highest BCUT2D eigenvalue weighted by molar-refractivity contribution is 5.98. The number of ether oxygens (including phenoxy) is 1. The van der Waals surface area contributed by atoms with Crippen molar-refractivity contribution in [1.29, 1.82) is 0 Å². The maximum absolute atomic E-state index is 14.6. The molecule has 5 rings (SSSR count). The van der Waals surface area contributed by atoms with Crippen molar-refractivity contribution in [2.45, 2.75) is 32.0 Å². The molecule has 1 heterocycles. The Balaban J connectivity index is 1.53. The van der Waals surface area contributed by atoms with Crippen LogP contribution in [0.25, 0.3) is 22.0 Å². The summed E-state index contributed by atoms with van der Waals surface area (Å²) in [6, 6.07) is 18.5. The van der Waals surface area contributed by atoms with Gasteiger partial charge in [0, 0.05) is 42.1 Å². The van der Waals surface area contributed by atoms with Gasteiger partial charge in [0.05, 0.1) is 11.1 Å². The van der Waals surface area contributed by atoms with Crippen LogP contribution in [0.1, 0.15) is 34.2 Å². The van der Waals surface area contributed by atoms with Crippen LogP contribution in [0.3, 0.4) is 0 Å². The fraction of sp³-hybridized carbons (Fsp3) is 0.152. The molecule has 0 aliphatic heterocycles. The molecular formula is C33H23F6NO3. The fourth-order valence-corrected chi connectivity index (χ4v) is 4.86. The monoisotopic (exact) mass is 595 g/mol. The molecule has 4 nitrogen and oxygen atoms in total. The summed E-state index contributed by atoms with van der Waals surface area (Å²) in [4.78, 5) is 14.8. The van der Waals surface area contributed by atoms with Crippen molar-refractivity contribution in [3.8, 4) is 16.9 Å². The van der Waals surface area contributed by atoms with E-state index >= 15 is 0 Å². The van der Waals surface area contributed by atoms with E-state index in [4.69, 9.17) is 9.84 Å². The van der Waals surface area contributed by atoms with Gasteiger partial charge in [0.1, 0.15) is 29.8 Å². The molecule has 0 amide bonds. The normalized spacial score (nSPS) is 11.6. The lowest BCUT2D eigenvalue weighted by atomic mass is 9.91. The number of para-hydroxylation sites is 1. The second-order valence-corrected chi connectivity index (χ2v) is 9.91. The van der Waals surface area contributed by atoms with Crippen molar-refractivity contribution in [2.24, 2.45) is 0 Å². The van der Waals surface area contributed by atoms with Gasteiger partial charge in [0.25, 0.3) is 0 Å². The van der Waals surface area contributed by atoms with Crippen molar-refractivity contribution >= 4 is 16.9 Å². The third kappa shape index (κ3) is 6.80. The number of pyridine rings is 1. The Morgan fingerprint density at radius 3 is 2.21 bits per heavy atom. The van der Waals surface area contributed by atoms with E-state index in [-0.39, 0.29) is 35.1 Å². The molecule has 0 fully saturated rings. The number of aryl methyl sites for hydroxylation is 1. The molecule has 0 aliphatic rings. The van der Waals surface area contributed by atoms with Crippen molar-refractivity contribution in [3.63, 3.8) is 0 Å². The number of halogens is 6. The topological polar surface area (TPSA) is 59.4 Å². The minimum atomic E-state index is -4.70. The van der Waals surface area contributed by atoms with E-state index in [9.17, 15) is 31.1 Å². The van der Waals surface area contributed by atoms with Crippen molar-refractivity contribution in [3.05, 3.63) is 130 Å². The van der Waals surface area contributed by atoms with E-state index in [2.05, 4.69) is 4.98 Å². The van der Waals surface area contributed by atoms with Gasteiger partial charge < -0.3 is 9.84 Å². The molecule has 43 heavy (non-hydrogen) atoms. The number of hydrogen-bond acceptors (Lipinski definition) is 3. The van der Waals surface area contributed by atoms with Crippen LogP contribution < -0.4 is 4.74 Å². The number of carboxylic acid groups (broad SMARTS) is 1. The zero-order chi connectivity index (χ0) is 30.7. The molecule has 1 N–H and O–H groups in total. The number of nitrogens with zero attached hydrogens (tertiary/aromatic N) is 1. The highest BCUT2D eigenvalue weighted by atomic mass is 19.4. The molecule has 5 aromatic rings. The minimum Gasteiger partial charge on any atom is -0.489 e. The van der Waals surface area contributed by atoms with Crippen LogP contribution in [-0.2, 0) is 30.4 Å². The summed E-state index contributed by atoms with van der Waals surface area (Å²) in [6.45, 7) is 0.150. The van der Waals surface area contributed by atoms with Gasteiger partial charge in [-0.05, 0) is 52.4 Å². The Morgan fingerprint density at radius 2 is 1.53 bits per heavy atom. The zero-order valence-corrected chi connectivity index (χ0v) is 22.4. The summed E-state index contributed by atoms with van der Waals surface area (Å²) in [5.74, 6) is -3.85. The largest absolute Gasteiger partial charge is 0.489 e. The van der Waals surface area contributed by atoms with Crippen LogP contribution >= 0.6 is 0 Å². The van der Waals surface area contributed by atoms with Crippen molar-refractivity contribution in [2.75, 3.05) is 0 Å². The number of aromatic nitrogens is 1. The number of benzene rings is 4. The Bertz CT molecular complexity index is 1780. The summed E-state index contributed by atoms with van der Waals surface area (Å²) < 4.78 is 90.2. The Kier molecular flexibility index (Phi) is 8.38. The lowest BCUT2D eigenvalue weighted by Crippen LogP contribution is -2.08. The molecule has 0 radical (unpaired) electrons. The molecule has 0 spiro atoms. The maximum Gasteiger partial charge on any atom is 0.418 e. The van der Waals surface area contributed by atoms with Gasteiger partial charge in [-0.15, -0.1) is 0 Å². The molecule has 1 aromatic heterocycles. The standard InChI is InChI=1S/C33H23F6NO3/c34-23-15-28(35)26(29(36)16-23)14-22-17-40-32-25(5-2-6-27(32)33(37,38)39)31(22)21-3-1-4-24(13-21)43-18-20-9-7-19(8-10-20)11-12-30(41)42/h1-10,13,15-17H,11-12,14,18H2,(H,41,42). The molecule has 4 aromatic carbocycles. The van der Waals surface area contributed by atoms with E-state index in [0.717, 1.165) is 23.4 Å². The van der Waals surface area contributed by atoms with Crippen LogP contribution in [0, 0.1) is 17.5 Å². The van der Waals surface area contributed by atoms with Gasteiger partial charge in [-0.1, -0.05) is 48.5 Å². The second kappa shape index (κ2) is 12.2. The van der Waals surface area contributed by atoms with Crippen LogP contribution in [-0.4, -0.2) is 16.1 Å². The second-order valence-electron chi connectivity index (χ2n) is 9.91. The molecule has 10 heteroatoms. The van der Waals surface area contributed by atoms with Crippen molar-refractivity contribution in [1.82, 2.24) is 4.98 Å². The summed E-state index contributed by atoms with van der Waals surface area (Å²) in [5, 5.41) is 8.97. The van der Waals surface area contributed by atoms with Crippen LogP contribution in [0.2, 0.25) is 0 Å². The van der Waals surface area contributed by atoms with Gasteiger partial charge in [-0.3, -0.25) is 9.78 Å². The summed E-state index contributed by atoms with van der Waals surface area (Å²) in [6.07, 6.45) is -3.54. The number of aliphatic carboxylic acids is 1. The van der Waals surface area contributed by atoms with Gasteiger partial charge >= 0.3 is 12.1 Å². The molecule has 0 saturated heterocycles. The van der Waals surface area contributed by atoms with E-state index in [1.165, 1.54) is 12.1 Å². The highest BCUT2D eigenvalue weighted by Gasteiger charge is 2.34. The molecule has 0 atom stereocenters. The van der Waals surface area contributed by atoms with Gasteiger partial charge in [0.15, 0.2) is 0 Å². The Morgan fingerprint density at radius 1 is 0.860 bits per heavy atom. The summed E-state index contributed by atoms with van der Waals surface area (Å²) in [5.41, 5.74) is 0.840. The van der Waals surface area contributed by atoms with E-state index in [1.54, 1.807) is 48.5 Å².